The maximum Gasteiger partial charge on any atom is 0.573 e. The molecular formula is C15H20F3NO2. The molecule has 21 heavy (non-hydrogen) atoms. The molecule has 1 aliphatic heterocycles. The highest BCUT2D eigenvalue weighted by molar-refractivity contribution is 5.47. The van der Waals surface area contributed by atoms with Crippen LogP contribution in [0.3, 0.4) is 0 Å². The summed E-state index contributed by atoms with van der Waals surface area (Å²) in [4.78, 5) is 0. The Kier molecular flexibility index (Phi) is 4.66. The van der Waals surface area contributed by atoms with E-state index in [1.54, 1.807) is 12.1 Å². The smallest absolute Gasteiger partial charge is 0.406 e. The zero-order valence-electron chi connectivity index (χ0n) is 12.2. The molecule has 1 aromatic rings. The third-order valence-electron chi connectivity index (χ3n) is 3.80. The lowest BCUT2D eigenvalue weighted by atomic mass is 9.90. The number of alkyl halides is 3. The number of rotatable bonds is 4. The van der Waals surface area contributed by atoms with Gasteiger partial charge in [-0.15, -0.1) is 13.2 Å². The predicted molar refractivity (Wildman–Crippen MR) is 74.4 cm³/mol. The summed E-state index contributed by atoms with van der Waals surface area (Å²) in [7, 11) is 0. The molecule has 1 aromatic carbocycles. The van der Waals surface area contributed by atoms with Crippen LogP contribution in [0.5, 0.6) is 5.75 Å². The van der Waals surface area contributed by atoms with Crippen LogP contribution < -0.4 is 10.1 Å². The summed E-state index contributed by atoms with van der Waals surface area (Å²) >= 11 is 0. The van der Waals surface area contributed by atoms with E-state index >= 15 is 0 Å². The second kappa shape index (κ2) is 6.13. The Labute approximate surface area is 122 Å². The van der Waals surface area contributed by atoms with Gasteiger partial charge in [0.15, 0.2) is 0 Å². The van der Waals surface area contributed by atoms with E-state index in [2.05, 4.69) is 23.9 Å². The molecule has 2 atom stereocenters. The second-order valence-corrected chi connectivity index (χ2v) is 5.56. The van der Waals surface area contributed by atoms with Crippen molar-refractivity contribution in [3.05, 3.63) is 24.3 Å². The predicted octanol–water partition coefficient (Wildman–Crippen LogP) is 4.34. The van der Waals surface area contributed by atoms with Gasteiger partial charge >= 0.3 is 6.36 Å². The first-order chi connectivity index (χ1) is 9.80. The number of ether oxygens (including phenoxy) is 2. The summed E-state index contributed by atoms with van der Waals surface area (Å²) in [5, 5.41) is 3.34. The average Bonchev–Trinajstić information content (AvgIpc) is 2.40. The van der Waals surface area contributed by atoms with Crippen LogP contribution >= 0.6 is 0 Å². The standard InChI is InChI=1S/C15H20F3NO2/c1-3-14(2)10-12(8-9-20-14)19-11-4-6-13(7-5-11)21-15(16,17)18/h4-7,12,19H,3,8-10H2,1-2H3. The van der Waals surface area contributed by atoms with Crippen molar-refractivity contribution in [2.75, 3.05) is 11.9 Å². The highest BCUT2D eigenvalue weighted by Gasteiger charge is 2.32. The molecule has 0 saturated carbocycles. The zero-order chi connectivity index (χ0) is 15.5. The molecule has 6 heteroatoms. The molecule has 1 saturated heterocycles. The number of halogens is 3. The number of nitrogens with one attached hydrogen (secondary N) is 1. The molecule has 118 valence electrons. The molecular weight excluding hydrogens is 283 g/mol. The number of anilines is 1. The molecule has 3 nitrogen and oxygen atoms in total. The minimum Gasteiger partial charge on any atom is -0.406 e. The molecule has 2 rings (SSSR count). The molecule has 0 aromatic heterocycles. The van der Waals surface area contributed by atoms with E-state index in [1.807, 2.05) is 0 Å². The summed E-state index contributed by atoms with van der Waals surface area (Å²) in [6.45, 7) is 4.87. The van der Waals surface area contributed by atoms with E-state index < -0.39 is 6.36 Å². The van der Waals surface area contributed by atoms with Gasteiger partial charge in [-0.25, -0.2) is 0 Å². The van der Waals surface area contributed by atoms with Gasteiger partial charge in [-0.1, -0.05) is 6.92 Å². The second-order valence-electron chi connectivity index (χ2n) is 5.56. The van der Waals surface area contributed by atoms with Crippen LogP contribution in [-0.4, -0.2) is 24.6 Å². The molecule has 0 amide bonds. The number of hydrogen-bond acceptors (Lipinski definition) is 3. The van der Waals surface area contributed by atoms with E-state index in [0.29, 0.717) is 6.61 Å². The van der Waals surface area contributed by atoms with E-state index in [-0.39, 0.29) is 17.4 Å². The van der Waals surface area contributed by atoms with Crippen molar-refractivity contribution in [3.63, 3.8) is 0 Å². The van der Waals surface area contributed by atoms with Crippen LogP contribution in [-0.2, 0) is 4.74 Å². The van der Waals surface area contributed by atoms with Gasteiger partial charge in [0, 0.05) is 18.3 Å². The fourth-order valence-corrected chi connectivity index (χ4v) is 2.49. The van der Waals surface area contributed by atoms with E-state index in [4.69, 9.17) is 4.74 Å². The zero-order valence-corrected chi connectivity index (χ0v) is 12.2. The summed E-state index contributed by atoms with van der Waals surface area (Å²) in [5.74, 6) is -0.210. The Balaban J connectivity index is 1.94. The first kappa shape index (κ1) is 15.9. The average molecular weight is 303 g/mol. The van der Waals surface area contributed by atoms with Gasteiger partial charge in [-0.2, -0.15) is 0 Å². The Morgan fingerprint density at radius 2 is 2.00 bits per heavy atom. The maximum absolute atomic E-state index is 12.1. The minimum absolute atomic E-state index is 0.130. The van der Waals surface area contributed by atoms with Crippen molar-refractivity contribution in [2.45, 2.75) is 51.1 Å². The lowest BCUT2D eigenvalue weighted by Crippen LogP contribution is -2.41. The van der Waals surface area contributed by atoms with Crippen molar-refractivity contribution in [1.29, 1.82) is 0 Å². The van der Waals surface area contributed by atoms with Crippen LogP contribution in [0.15, 0.2) is 24.3 Å². The van der Waals surface area contributed by atoms with E-state index in [9.17, 15) is 13.2 Å². The van der Waals surface area contributed by atoms with Crippen LogP contribution in [0, 0.1) is 0 Å². The van der Waals surface area contributed by atoms with Crippen molar-refractivity contribution in [3.8, 4) is 5.75 Å². The van der Waals surface area contributed by atoms with Crippen LogP contribution in [0.1, 0.15) is 33.1 Å². The Bertz CT molecular complexity index is 461. The van der Waals surface area contributed by atoms with Gasteiger partial charge in [-0.05, 0) is 50.5 Å². The third-order valence-corrected chi connectivity index (χ3v) is 3.80. The summed E-state index contributed by atoms with van der Waals surface area (Å²) in [5.41, 5.74) is 0.657. The van der Waals surface area contributed by atoms with Gasteiger partial charge in [-0.3, -0.25) is 0 Å². The van der Waals surface area contributed by atoms with Gasteiger partial charge in [0.25, 0.3) is 0 Å². The van der Waals surface area contributed by atoms with E-state index in [1.165, 1.54) is 12.1 Å². The molecule has 2 unspecified atom stereocenters. The first-order valence-electron chi connectivity index (χ1n) is 7.06. The molecule has 1 heterocycles. The summed E-state index contributed by atoms with van der Waals surface area (Å²) < 4.78 is 45.9. The third kappa shape index (κ3) is 4.81. The topological polar surface area (TPSA) is 30.5 Å². The van der Waals surface area contributed by atoms with Crippen molar-refractivity contribution >= 4 is 5.69 Å². The summed E-state index contributed by atoms with van der Waals surface area (Å²) in [6.07, 6.45) is -1.96. The Morgan fingerprint density at radius 1 is 1.33 bits per heavy atom. The lowest BCUT2D eigenvalue weighted by molar-refractivity contribution is -0.274. The Morgan fingerprint density at radius 3 is 2.57 bits per heavy atom. The molecule has 1 N–H and O–H groups in total. The van der Waals surface area contributed by atoms with Crippen molar-refractivity contribution < 1.29 is 22.6 Å². The molecule has 0 bridgehead atoms. The number of benzene rings is 1. The molecule has 1 aliphatic rings. The number of hydrogen-bond donors (Lipinski definition) is 1. The lowest BCUT2D eigenvalue weighted by Gasteiger charge is -2.38. The fourth-order valence-electron chi connectivity index (χ4n) is 2.49. The SMILES string of the molecule is CCC1(C)CC(Nc2ccc(OC(F)(F)F)cc2)CCO1. The maximum atomic E-state index is 12.1. The normalized spacial score (nSPS) is 26.4. The van der Waals surface area contributed by atoms with Crippen LogP contribution in [0.2, 0.25) is 0 Å². The largest absolute Gasteiger partial charge is 0.573 e. The van der Waals surface area contributed by atoms with Gasteiger partial charge in [0.05, 0.1) is 5.60 Å². The summed E-state index contributed by atoms with van der Waals surface area (Å²) in [6, 6.07) is 6.08. The Hall–Kier alpha value is -1.43. The molecule has 0 aliphatic carbocycles. The first-order valence-corrected chi connectivity index (χ1v) is 7.06. The van der Waals surface area contributed by atoms with Gasteiger partial charge in [0.2, 0.25) is 0 Å². The van der Waals surface area contributed by atoms with Crippen molar-refractivity contribution in [1.82, 2.24) is 0 Å². The van der Waals surface area contributed by atoms with Gasteiger partial charge in [0.1, 0.15) is 5.75 Å². The van der Waals surface area contributed by atoms with Crippen LogP contribution in [0.4, 0.5) is 18.9 Å². The highest BCUT2D eigenvalue weighted by atomic mass is 19.4. The highest BCUT2D eigenvalue weighted by Crippen LogP contribution is 2.30. The van der Waals surface area contributed by atoms with Crippen molar-refractivity contribution in [2.24, 2.45) is 0 Å². The molecule has 0 radical (unpaired) electrons. The van der Waals surface area contributed by atoms with Crippen LogP contribution in [0.25, 0.3) is 0 Å². The van der Waals surface area contributed by atoms with Gasteiger partial charge < -0.3 is 14.8 Å². The molecule has 1 fully saturated rings. The quantitative estimate of drug-likeness (QED) is 0.897. The fraction of sp³-hybridized carbons (Fsp3) is 0.600. The minimum atomic E-state index is -4.65. The molecule has 0 spiro atoms. The monoisotopic (exact) mass is 303 g/mol. The van der Waals surface area contributed by atoms with E-state index in [0.717, 1.165) is 24.9 Å².